The highest BCUT2D eigenvalue weighted by Gasteiger charge is 2.12. The van der Waals surface area contributed by atoms with Gasteiger partial charge >= 0.3 is 11.9 Å². The van der Waals surface area contributed by atoms with Gasteiger partial charge in [0, 0.05) is 13.3 Å². The number of carboxylic acids is 2. The van der Waals surface area contributed by atoms with Crippen molar-refractivity contribution in [1.82, 2.24) is 0 Å². The van der Waals surface area contributed by atoms with E-state index in [9.17, 15) is 9.59 Å². The molecule has 0 heterocycles. The van der Waals surface area contributed by atoms with Gasteiger partial charge in [-0.1, -0.05) is 0 Å². The molecule has 0 rings (SSSR count). The molecule has 0 bridgehead atoms. The van der Waals surface area contributed by atoms with Crippen molar-refractivity contribution in [3.05, 3.63) is 0 Å². The number of aliphatic carboxylic acids is 2. The van der Waals surface area contributed by atoms with Crippen molar-refractivity contribution in [3.8, 4) is 6.07 Å². The highest BCUT2D eigenvalue weighted by atomic mass is 16.4. The molecule has 0 fully saturated rings. The number of nitriles is 1. The molecule has 0 aliphatic rings. The average molecular weight is 188 g/mol. The van der Waals surface area contributed by atoms with Gasteiger partial charge in [-0.05, 0) is 6.42 Å². The molecule has 0 aliphatic heterocycles. The Labute approximate surface area is 75.6 Å². The van der Waals surface area contributed by atoms with Gasteiger partial charge in [0.05, 0.1) is 6.07 Å². The third kappa shape index (κ3) is 13.4. The van der Waals surface area contributed by atoms with E-state index in [0.29, 0.717) is 0 Å². The summed E-state index contributed by atoms with van der Waals surface area (Å²) in [5, 5.41) is 23.6. The van der Waals surface area contributed by atoms with Crippen LogP contribution in [0.3, 0.4) is 0 Å². The predicted octanol–water partition coefficient (Wildman–Crippen LogP) is -0.207. The molecule has 0 radical (unpaired) electrons. The number of hydrogen-bond acceptors (Lipinski definition) is 4. The van der Waals surface area contributed by atoms with Gasteiger partial charge in [-0.2, -0.15) is 5.26 Å². The summed E-state index contributed by atoms with van der Waals surface area (Å²) < 4.78 is 0. The summed E-state index contributed by atoms with van der Waals surface area (Å²) in [4.78, 5) is 19.9. The van der Waals surface area contributed by atoms with Crippen LogP contribution in [0.5, 0.6) is 0 Å². The molecule has 1 unspecified atom stereocenters. The zero-order valence-electron chi connectivity index (χ0n) is 7.23. The van der Waals surface area contributed by atoms with Crippen LogP contribution in [0, 0.1) is 11.3 Å². The molecule has 0 aromatic heterocycles. The second-order valence-corrected chi connectivity index (χ2v) is 2.10. The highest BCUT2D eigenvalue weighted by molar-refractivity contribution is 5.74. The van der Waals surface area contributed by atoms with Crippen molar-refractivity contribution in [1.29, 1.82) is 5.26 Å². The molecule has 0 spiro atoms. The zero-order valence-corrected chi connectivity index (χ0v) is 7.23. The molecular weight excluding hydrogens is 176 g/mol. The first kappa shape index (κ1) is 13.9. The Hall–Kier alpha value is -1.61. The lowest BCUT2D eigenvalue weighted by molar-refractivity contribution is -0.139. The third-order valence-corrected chi connectivity index (χ3v) is 0.986. The number of nitrogens with two attached hydrogens (primary N) is 1. The SMILES string of the molecule is CC#N.NC(CCC(=O)O)C(=O)O. The summed E-state index contributed by atoms with van der Waals surface area (Å²) in [5.41, 5.74) is 5.00. The Morgan fingerprint density at radius 3 is 2.15 bits per heavy atom. The topological polar surface area (TPSA) is 124 Å². The summed E-state index contributed by atoms with van der Waals surface area (Å²) in [6.07, 6.45) is -0.224. The Morgan fingerprint density at radius 1 is 1.54 bits per heavy atom. The lowest BCUT2D eigenvalue weighted by Gasteiger charge is -2.01. The molecule has 74 valence electrons. The fourth-order valence-electron chi connectivity index (χ4n) is 0.402. The van der Waals surface area contributed by atoms with Crippen LogP contribution < -0.4 is 5.73 Å². The minimum atomic E-state index is -1.17. The normalized spacial score (nSPS) is 10.2. The fourth-order valence-corrected chi connectivity index (χ4v) is 0.402. The highest BCUT2D eigenvalue weighted by Crippen LogP contribution is 1.93. The first-order chi connectivity index (χ1) is 5.95. The Kier molecular flexibility index (Phi) is 9.10. The van der Waals surface area contributed by atoms with Crippen LogP contribution in [0.2, 0.25) is 0 Å². The molecule has 0 saturated heterocycles. The molecule has 1 atom stereocenters. The maximum atomic E-state index is 9.99. The van der Waals surface area contributed by atoms with Gasteiger partial charge < -0.3 is 15.9 Å². The number of nitrogens with zero attached hydrogens (tertiary/aromatic N) is 1. The van der Waals surface area contributed by atoms with Gasteiger partial charge in [0.2, 0.25) is 0 Å². The zero-order chi connectivity index (χ0) is 10.9. The number of rotatable bonds is 4. The van der Waals surface area contributed by atoms with Crippen LogP contribution in [0.4, 0.5) is 0 Å². The number of carboxylic acid groups (broad SMARTS) is 2. The van der Waals surface area contributed by atoms with Crippen molar-refractivity contribution < 1.29 is 19.8 Å². The third-order valence-electron chi connectivity index (χ3n) is 0.986. The van der Waals surface area contributed by atoms with Gasteiger partial charge in [-0.25, -0.2) is 0 Å². The molecule has 0 amide bonds. The molecule has 4 N–H and O–H groups in total. The van der Waals surface area contributed by atoms with Crippen molar-refractivity contribution in [2.45, 2.75) is 25.8 Å². The van der Waals surface area contributed by atoms with E-state index in [0.717, 1.165) is 0 Å². The molecule has 0 saturated carbocycles. The number of hydrogen-bond donors (Lipinski definition) is 3. The van der Waals surface area contributed by atoms with E-state index in [4.69, 9.17) is 21.2 Å². The smallest absolute Gasteiger partial charge is 0.320 e. The van der Waals surface area contributed by atoms with E-state index in [1.807, 2.05) is 0 Å². The lowest BCUT2D eigenvalue weighted by Crippen LogP contribution is -2.30. The second kappa shape index (κ2) is 8.49. The van der Waals surface area contributed by atoms with Gasteiger partial charge in [-0.3, -0.25) is 9.59 Å². The van der Waals surface area contributed by atoms with Crippen molar-refractivity contribution in [2.24, 2.45) is 5.73 Å². The summed E-state index contributed by atoms with van der Waals surface area (Å²) in [7, 11) is 0. The maximum Gasteiger partial charge on any atom is 0.320 e. The molecule has 0 aromatic rings. The maximum absolute atomic E-state index is 9.99. The molecule has 0 aromatic carbocycles. The monoisotopic (exact) mass is 188 g/mol. The second-order valence-electron chi connectivity index (χ2n) is 2.10. The molecule has 6 heteroatoms. The molecule has 0 aliphatic carbocycles. The molecular formula is C7H12N2O4. The van der Waals surface area contributed by atoms with Crippen LogP contribution in [0.1, 0.15) is 19.8 Å². The Morgan fingerprint density at radius 2 is 1.92 bits per heavy atom. The summed E-state index contributed by atoms with van der Waals surface area (Å²) in [5.74, 6) is -2.20. The van der Waals surface area contributed by atoms with Crippen LogP contribution >= 0.6 is 0 Å². The quantitative estimate of drug-likeness (QED) is 0.560. The number of carbonyl (C=O) groups is 2. The van der Waals surface area contributed by atoms with Crippen molar-refractivity contribution in [3.63, 3.8) is 0 Å². The first-order valence-corrected chi connectivity index (χ1v) is 3.46. The largest absolute Gasteiger partial charge is 0.481 e. The van der Waals surface area contributed by atoms with E-state index >= 15 is 0 Å². The minimum Gasteiger partial charge on any atom is -0.481 e. The average Bonchev–Trinajstić information content (AvgIpc) is 2.01. The Balaban J connectivity index is 0. The first-order valence-electron chi connectivity index (χ1n) is 3.46. The predicted molar refractivity (Wildman–Crippen MR) is 43.8 cm³/mol. The van der Waals surface area contributed by atoms with Crippen molar-refractivity contribution >= 4 is 11.9 Å². The van der Waals surface area contributed by atoms with Crippen LogP contribution in [0.15, 0.2) is 0 Å². The van der Waals surface area contributed by atoms with Gasteiger partial charge in [0.15, 0.2) is 0 Å². The fraction of sp³-hybridized carbons (Fsp3) is 0.571. The van der Waals surface area contributed by atoms with Gasteiger partial charge in [0.25, 0.3) is 0 Å². The van der Waals surface area contributed by atoms with Crippen LogP contribution in [-0.4, -0.2) is 28.2 Å². The standard InChI is InChI=1S/C5H9NO4.C2H3N/c6-3(5(9)10)1-2-4(7)8;1-2-3/h3H,1-2,6H2,(H,7,8)(H,9,10);1H3. The van der Waals surface area contributed by atoms with Crippen LogP contribution in [-0.2, 0) is 9.59 Å². The van der Waals surface area contributed by atoms with E-state index in [-0.39, 0.29) is 12.8 Å². The van der Waals surface area contributed by atoms with Crippen LogP contribution in [0.25, 0.3) is 0 Å². The minimum absolute atomic E-state index is 0.0231. The Bertz CT molecular complexity index is 209. The van der Waals surface area contributed by atoms with Gasteiger partial charge in [0.1, 0.15) is 6.04 Å². The van der Waals surface area contributed by atoms with E-state index in [1.165, 1.54) is 6.92 Å². The summed E-state index contributed by atoms with van der Waals surface area (Å²) in [6.45, 7) is 1.43. The lowest BCUT2D eigenvalue weighted by atomic mass is 10.2. The van der Waals surface area contributed by atoms with Crippen molar-refractivity contribution in [2.75, 3.05) is 0 Å². The van der Waals surface area contributed by atoms with Gasteiger partial charge in [-0.15, -0.1) is 0 Å². The summed E-state index contributed by atoms with van der Waals surface area (Å²) in [6, 6.07) is 0.691. The van der Waals surface area contributed by atoms with E-state index in [1.54, 1.807) is 6.07 Å². The molecule has 13 heavy (non-hydrogen) atoms. The molecule has 6 nitrogen and oxygen atoms in total. The van der Waals surface area contributed by atoms with E-state index < -0.39 is 18.0 Å². The summed E-state index contributed by atoms with van der Waals surface area (Å²) >= 11 is 0. The van der Waals surface area contributed by atoms with E-state index in [2.05, 4.69) is 0 Å².